The number of esters is 1. The lowest BCUT2D eigenvalue weighted by atomic mass is 10.1. The number of carbonyl (C=O) groups excluding carboxylic acids is 2. The second-order valence-electron chi connectivity index (χ2n) is 9.52. The zero-order chi connectivity index (χ0) is 29.9. The van der Waals surface area contributed by atoms with Gasteiger partial charge in [0, 0.05) is 53.9 Å². The number of nitrogens with zero attached hydrogens (tertiary/aromatic N) is 4. The zero-order valence-electron chi connectivity index (χ0n) is 22.9. The third-order valence-corrected chi connectivity index (χ3v) is 8.66. The van der Waals surface area contributed by atoms with E-state index < -0.39 is 22.5 Å². The van der Waals surface area contributed by atoms with Crippen molar-refractivity contribution in [2.45, 2.75) is 18.4 Å². The molecule has 11 heteroatoms. The lowest BCUT2D eigenvalue weighted by Gasteiger charge is -2.24. The summed E-state index contributed by atoms with van der Waals surface area (Å²) in [5, 5.41) is 13.5. The summed E-state index contributed by atoms with van der Waals surface area (Å²) >= 11 is 0. The maximum Gasteiger partial charge on any atom is 0.326 e. The number of nitriles is 1. The SMILES string of the molecule is CCOC(=O)CN(c1ccc2c(c1)c(C(=O)NCc1ccc(C#N)cc1)cn2C)S(=O)(=O)c1cccc2cnccc12. The highest BCUT2D eigenvalue weighted by Gasteiger charge is 2.30. The Morgan fingerprint density at radius 1 is 1.07 bits per heavy atom. The third-order valence-electron chi connectivity index (χ3n) is 6.83. The summed E-state index contributed by atoms with van der Waals surface area (Å²) in [5.41, 5.74) is 2.59. The smallest absolute Gasteiger partial charge is 0.326 e. The number of rotatable bonds is 9. The molecule has 0 saturated heterocycles. The molecule has 0 saturated carbocycles. The molecule has 0 radical (unpaired) electrons. The van der Waals surface area contributed by atoms with Crippen molar-refractivity contribution >= 4 is 49.3 Å². The van der Waals surface area contributed by atoms with E-state index in [4.69, 9.17) is 10.00 Å². The van der Waals surface area contributed by atoms with E-state index in [9.17, 15) is 18.0 Å². The standard InChI is InChI=1S/C31H27N5O5S/c1-3-41-30(37)20-36(42(39,40)29-6-4-5-23-18-33-14-13-25(23)29)24-11-12-28-26(15-24)27(19-35(28)2)31(38)34-17-22-9-7-21(16-32)8-10-22/h4-15,18-19H,3,17,20H2,1-2H3,(H,34,38). The van der Waals surface area contributed by atoms with Crippen LogP contribution >= 0.6 is 0 Å². The van der Waals surface area contributed by atoms with Gasteiger partial charge in [0.15, 0.2) is 0 Å². The Labute approximate surface area is 242 Å². The summed E-state index contributed by atoms with van der Waals surface area (Å²) in [5.74, 6) is -1.07. The number of carbonyl (C=O) groups is 2. The Morgan fingerprint density at radius 2 is 1.86 bits per heavy atom. The van der Waals surface area contributed by atoms with Crippen molar-refractivity contribution in [3.8, 4) is 6.07 Å². The van der Waals surface area contributed by atoms with Crippen molar-refractivity contribution in [1.29, 1.82) is 5.26 Å². The lowest BCUT2D eigenvalue weighted by Crippen LogP contribution is -2.36. The van der Waals surface area contributed by atoms with Gasteiger partial charge in [-0.25, -0.2) is 8.42 Å². The van der Waals surface area contributed by atoms with Crippen LogP contribution in [0.3, 0.4) is 0 Å². The quantitative estimate of drug-likeness (QED) is 0.257. The molecular weight excluding hydrogens is 554 g/mol. The van der Waals surface area contributed by atoms with E-state index in [0.717, 1.165) is 9.87 Å². The number of anilines is 1. The van der Waals surface area contributed by atoms with Crippen LogP contribution in [0.1, 0.15) is 28.4 Å². The number of hydrogen-bond donors (Lipinski definition) is 1. The average molecular weight is 582 g/mol. The number of sulfonamides is 1. The van der Waals surface area contributed by atoms with Crippen LogP contribution in [0.2, 0.25) is 0 Å². The van der Waals surface area contributed by atoms with Gasteiger partial charge in [0.1, 0.15) is 6.54 Å². The van der Waals surface area contributed by atoms with Crippen molar-refractivity contribution in [3.63, 3.8) is 0 Å². The molecule has 0 aliphatic heterocycles. The Morgan fingerprint density at radius 3 is 2.60 bits per heavy atom. The van der Waals surface area contributed by atoms with Gasteiger partial charge in [-0.15, -0.1) is 0 Å². The highest BCUT2D eigenvalue weighted by molar-refractivity contribution is 7.93. The molecule has 0 aliphatic rings. The summed E-state index contributed by atoms with van der Waals surface area (Å²) < 4.78 is 36.2. The molecule has 0 fully saturated rings. The van der Waals surface area contributed by atoms with Gasteiger partial charge in [-0.2, -0.15) is 5.26 Å². The topological polar surface area (TPSA) is 134 Å². The van der Waals surface area contributed by atoms with Gasteiger partial charge >= 0.3 is 5.97 Å². The van der Waals surface area contributed by atoms with Crippen LogP contribution in [-0.4, -0.2) is 43.0 Å². The van der Waals surface area contributed by atoms with Crippen molar-refractivity contribution in [2.75, 3.05) is 17.5 Å². The largest absolute Gasteiger partial charge is 0.465 e. The van der Waals surface area contributed by atoms with Gasteiger partial charge in [0.25, 0.3) is 15.9 Å². The molecule has 42 heavy (non-hydrogen) atoms. The van der Waals surface area contributed by atoms with Crippen LogP contribution in [0.25, 0.3) is 21.7 Å². The molecule has 212 valence electrons. The summed E-state index contributed by atoms with van der Waals surface area (Å²) in [7, 11) is -2.48. The first-order chi connectivity index (χ1) is 20.2. The number of aryl methyl sites for hydroxylation is 1. The van der Waals surface area contributed by atoms with Crippen LogP contribution in [0, 0.1) is 11.3 Å². The van der Waals surface area contributed by atoms with Crippen LogP contribution < -0.4 is 9.62 Å². The Bertz CT molecular complexity index is 1950. The van der Waals surface area contributed by atoms with Crippen molar-refractivity contribution in [3.05, 3.63) is 102 Å². The maximum absolute atomic E-state index is 14.1. The van der Waals surface area contributed by atoms with Crippen molar-refractivity contribution in [2.24, 2.45) is 7.05 Å². The molecule has 5 aromatic rings. The summed E-state index contributed by atoms with van der Waals surface area (Å²) in [6, 6.07) is 20.3. The fourth-order valence-electron chi connectivity index (χ4n) is 4.77. The first-order valence-corrected chi connectivity index (χ1v) is 14.5. The predicted molar refractivity (Wildman–Crippen MR) is 158 cm³/mol. The van der Waals surface area contributed by atoms with E-state index in [-0.39, 0.29) is 29.6 Å². The normalized spacial score (nSPS) is 11.3. The number of hydrogen-bond acceptors (Lipinski definition) is 7. The van der Waals surface area contributed by atoms with E-state index in [2.05, 4.69) is 16.4 Å². The molecule has 5 rings (SSSR count). The molecule has 0 atom stereocenters. The number of benzene rings is 3. The first kappa shape index (κ1) is 28.3. The van der Waals surface area contributed by atoms with Gasteiger partial charge in [-0.3, -0.25) is 18.9 Å². The number of nitrogens with one attached hydrogen (secondary N) is 1. The van der Waals surface area contributed by atoms with Crippen LogP contribution in [0.15, 0.2) is 90.2 Å². The molecule has 0 unspecified atom stereocenters. The molecule has 1 amide bonds. The molecule has 2 aromatic heterocycles. The summed E-state index contributed by atoms with van der Waals surface area (Å²) in [6.45, 7) is 1.41. The fraction of sp³-hybridized carbons (Fsp3) is 0.161. The molecule has 1 N–H and O–H groups in total. The van der Waals surface area contributed by atoms with Crippen molar-refractivity contribution < 1.29 is 22.7 Å². The minimum atomic E-state index is -4.27. The Kier molecular flexibility index (Phi) is 7.91. The molecule has 0 aliphatic carbocycles. The second kappa shape index (κ2) is 11.7. The molecular formula is C31H27N5O5S. The van der Waals surface area contributed by atoms with Crippen LogP contribution in [0.5, 0.6) is 0 Å². The van der Waals surface area contributed by atoms with E-state index in [1.807, 2.05) is 0 Å². The van der Waals surface area contributed by atoms with Gasteiger partial charge in [0.2, 0.25) is 0 Å². The lowest BCUT2D eigenvalue weighted by molar-refractivity contribution is -0.141. The van der Waals surface area contributed by atoms with E-state index in [1.54, 1.807) is 91.6 Å². The Hall–Kier alpha value is -5.21. The molecule has 2 heterocycles. The zero-order valence-corrected chi connectivity index (χ0v) is 23.8. The molecule has 0 spiro atoms. The summed E-state index contributed by atoms with van der Waals surface area (Å²) in [4.78, 5) is 30.0. The average Bonchev–Trinajstić information content (AvgIpc) is 3.34. The fourth-order valence-corrected chi connectivity index (χ4v) is 6.38. The van der Waals surface area contributed by atoms with E-state index in [1.165, 1.54) is 12.3 Å². The van der Waals surface area contributed by atoms with Gasteiger partial charge in [0.05, 0.1) is 34.4 Å². The monoisotopic (exact) mass is 581 g/mol. The van der Waals surface area contributed by atoms with E-state index in [0.29, 0.717) is 32.8 Å². The van der Waals surface area contributed by atoms with Crippen molar-refractivity contribution in [1.82, 2.24) is 14.9 Å². The molecule has 3 aromatic carbocycles. The minimum Gasteiger partial charge on any atom is -0.465 e. The Balaban J connectivity index is 1.55. The number of pyridine rings is 1. The number of amides is 1. The number of ether oxygens (including phenoxy) is 1. The molecule has 0 bridgehead atoms. The first-order valence-electron chi connectivity index (χ1n) is 13.1. The molecule has 10 nitrogen and oxygen atoms in total. The van der Waals surface area contributed by atoms with E-state index >= 15 is 0 Å². The van der Waals surface area contributed by atoms with Gasteiger partial charge < -0.3 is 14.6 Å². The van der Waals surface area contributed by atoms with Gasteiger partial charge in [-0.1, -0.05) is 24.3 Å². The number of aromatic nitrogens is 2. The van der Waals surface area contributed by atoms with Crippen LogP contribution in [0.4, 0.5) is 5.69 Å². The van der Waals surface area contributed by atoms with Gasteiger partial charge in [-0.05, 0) is 55.0 Å². The minimum absolute atomic E-state index is 0.0141. The van der Waals surface area contributed by atoms with Crippen LogP contribution in [-0.2, 0) is 33.1 Å². The second-order valence-corrected chi connectivity index (χ2v) is 11.3. The third kappa shape index (κ3) is 5.53. The number of fused-ring (bicyclic) bond motifs is 2. The maximum atomic E-state index is 14.1. The highest BCUT2D eigenvalue weighted by atomic mass is 32.2. The highest BCUT2D eigenvalue weighted by Crippen LogP contribution is 2.32. The summed E-state index contributed by atoms with van der Waals surface area (Å²) in [6.07, 6.45) is 4.75. The predicted octanol–water partition coefficient (Wildman–Crippen LogP) is 4.29.